The minimum atomic E-state index is -1.93. The molecule has 1 atom stereocenters. The number of benzene rings is 3. The van der Waals surface area contributed by atoms with Gasteiger partial charge in [0.1, 0.15) is 20.7 Å². The first-order chi connectivity index (χ1) is 14.9. The first kappa shape index (κ1) is 22.8. The number of carbonyl (C=O) groups is 1. The molecule has 0 saturated carbocycles. The van der Waals surface area contributed by atoms with Gasteiger partial charge in [0.05, 0.1) is 0 Å². The van der Waals surface area contributed by atoms with Crippen LogP contribution >= 0.6 is 11.6 Å². The quantitative estimate of drug-likeness (QED) is 0.267. The fourth-order valence-corrected chi connectivity index (χ4v) is 5.22. The van der Waals surface area contributed by atoms with Crippen LogP contribution in [-0.4, -0.2) is 24.4 Å². The summed E-state index contributed by atoms with van der Waals surface area (Å²) < 4.78 is 5.32. The van der Waals surface area contributed by atoms with E-state index in [1.807, 2.05) is 54.6 Å². The average Bonchev–Trinajstić information content (AvgIpc) is 2.79. The molecule has 0 saturated heterocycles. The molecule has 6 heteroatoms. The van der Waals surface area contributed by atoms with Gasteiger partial charge in [0.25, 0.3) is 0 Å². The molecule has 0 bridgehead atoms. The standard InChI is InChI=1S/C25H26ClNO3Si/c1-31(2,23-11-7-4-8-12-23)18-17-24(21-13-15-22(26)16-14-21)27(29)25(28)30-19-20-9-5-3-6-10-20/h3-18,24,29H,19H2,1-2H3/b18-17+. The van der Waals surface area contributed by atoms with Crippen molar-refractivity contribution in [2.45, 2.75) is 25.7 Å². The zero-order chi connectivity index (χ0) is 22.3. The summed E-state index contributed by atoms with van der Waals surface area (Å²) in [6, 6.07) is 26.0. The Bertz CT molecular complexity index is 1010. The number of hydrogen-bond acceptors (Lipinski definition) is 3. The number of nitrogens with zero attached hydrogens (tertiary/aromatic N) is 1. The Balaban J connectivity index is 1.82. The van der Waals surface area contributed by atoms with E-state index in [0.717, 1.165) is 11.1 Å². The molecule has 0 aromatic heterocycles. The summed E-state index contributed by atoms with van der Waals surface area (Å²) in [6.45, 7) is 4.51. The van der Waals surface area contributed by atoms with Crippen LogP contribution in [0.4, 0.5) is 4.79 Å². The van der Waals surface area contributed by atoms with Crippen LogP contribution in [0.15, 0.2) is 96.7 Å². The number of hydrogen-bond donors (Lipinski definition) is 1. The van der Waals surface area contributed by atoms with Crippen LogP contribution in [0.3, 0.4) is 0 Å². The Morgan fingerprint density at radius 3 is 2.19 bits per heavy atom. The summed E-state index contributed by atoms with van der Waals surface area (Å²) in [7, 11) is -1.93. The third-order valence-corrected chi connectivity index (χ3v) is 8.18. The normalized spacial score (nSPS) is 12.5. The molecular weight excluding hydrogens is 426 g/mol. The van der Waals surface area contributed by atoms with Gasteiger partial charge in [-0.2, -0.15) is 5.06 Å². The summed E-state index contributed by atoms with van der Waals surface area (Å²) >= 11 is 6.03. The number of hydroxylamine groups is 2. The molecule has 3 aromatic rings. The molecule has 0 aliphatic carbocycles. The number of rotatable bonds is 7. The van der Waals surface area contributed by atoms with E-state index in [1.165, 1.54) is 5.19 Å². The summed E-state index contributed by atoms with van der Waals surface area (Å²) in [5.74, 6) is 0. The maximum Gasteiger partial charge on any atom is 0.434 e. The van der Waals surface area contributed by atoms with E-state index in [-0.39, 0.29) is 6.61 Å². The van der Waals surface area contributed by atoms with Crippen LogP contribution in [0, 0.1) is 0 Å². The van der Waals surface area contributed by atoms with Crippen molar-refractivity contribution < 1.29 is 14.7 Å². The van der Waals surface area contributed by atoms with E-state index in [9.17, 15) is 10.0 Å². The highest BCUT2D eigenvalue weighted by Gasteiger charge is 2.26. The number of amides is 1. The molecule has 3 aromatic carbocycles. The zero-order valence-corrected chi connectivity index (χ0v) is 19.4. The van der Waals surface area contributed by atoms with E-state index in [4.69, 9.17) is 16.3 Å². The summed E-state index contributed by atoms with van der Waals surface area (Å²) in [5, 5.41) is 13.2. The molecule has 4 nitrogen and oxygen atoms in total. The van der Waals surface area contributed by atoms with Crippen molar-refractivity contribution in [3.63, 3.8) is 0 Å². The van der Waals surface area contributed by atoms with E-state index < -0.39 is 20.2 Å². The molecule has 0 aliphatic rings. The zero-order valence-electron chi connectivity index (χ0n) is 17.6. The summed E-state index contributed by atoms with van der Waals surface area (Å²) in [5.41, 5.74) is 3.70. The second-order valence-electron chi connectivity index (χ2n) is 7.83. The van der Waals surface area contributed by atoms with Gasteiger partial charge in [-0.25, -0.2) is 4.79 Å². The number of ether oxygens (including phenoxy) is 1. The fraction of sp³-hybridized carbons (Fsp3) is 0.160. The highest BCUT2D eigenvalue weighted by molar-refractivity contribution is 6.93. The van der Waals surface area contributed by atoms with Crippen molar-refractivity contribution in [1.29, 1.82) is 0 Å². The first-order valence-electron chi connectivity index (χ1n) is 10.1. The Morgan fingerprint density at radius 1 is 1.00 bits per heavy atom. The van der Waals surface area contributed by atoms with Gasteiger partial charge >= 0.3 is 6.09 Å². The topological polar surface area (TPSA) is 49.8 Å². The second kappa shape index (κ2) is 10.4. The lowest BCUT2D eigenvalue weighted by molar-refractivity contribution is -0.0958. The van der Waals surface area contributed by atoms with E-state index >= 15 is 0 Å². The molecule has 1 amide bonds. The van der Waals surface area contributed by atoms with Gasteiger partial charge in [-0.15, -0.1) is 0 Å². The Labute approximate surface area is 189 Å². The highest BCUT2D eigenvalue weighted by Crippen LogP contribution is 2.25. The van der Waals surface area contributed by atoms with Crippen LogP contribution in [0.25, 0.3) is 0 Å². The fourth-order valence-electron chi connectivity index (χ4n) is 3.19. The average molecular weight is 452 g/mol. The molecule has 0 aliphatic heterocycles. The van der Waals surface area contributed by atoms with E-state index in [0.29, 0.717) is 10.1 Å². The van der Waals surface area contributed by atoms with Gasteiger partial charge in [-0.05, 0) is 23.3 Å². The first-order valence-corrected chi connectivity index (χ1v) is 13.5. The third-order valence-electron chi connectivity index (χ3n) is 5.08. The molecular formula is C25H26ClNO3Si. The molecule has 1 N–H and O–H groups in total. The molecule has 31 heavy (non-hydrogen) atoms. The molecule has 3 rings (SSSR count). The second-order valence-corrected chi connectivity index (χ2v) is 12.6. The van der Waals surface area contributed by atoms with Crippen molar-refractivity contribution in [1.82, 2.24) is 5.06 Å². The van der Waals surface area contributed by atoms with Crippen molar-refractivity contribution >= 4 is 31.0 Å². The van der Waals surface area contributed by atoms with Gasteiger partial charge in [0, 0.05) is 5.02 Å². The van der Waals surface area contributed by atoms with Crippen molar-refractivity contribution in [2.24, 2.45) is 0 Å². The molecule has 1 unspecified atom stereocenters. The van der Waals surface area contributed by atoms with Crippen molar-refractivity contribution in [3.05, 3.63) is 113 Å². The van der Waals surface area contributed by atoms with Crippen LogP contribution in [0.1, 0.15) is 17.2 Å². The Kier molecular flexibility index (Phi) is 7.68. The molecule has 160 valence electrons. The number of halogens is 1. The number of carbonyl (C=O) groups excluding carboxylic acids is 1. The Hall–Kier alpha value is -2.86. The highest BCUT2D eigenvalue weighted by atomic mass is 35.5. The smallest absolute Gasteiger partial charge is 0.434 e. The lowest BCUT2D eigenvalue weighted by atomic mass is 10.1. The minimum Gasteiger partial charge on any atom is -0.443 e. The van der Waals surface area contributed by atoms with Crippen LogP contribution in [-0.2, 0) is 11.3 Å². The molecule has 0 heterocycles. The molecule has 0 radical (unpaired) electrons. The monoisotopic (exact) mass is 451 g/mol. The van der Waals surface area contributed by atoms with Gasteiger partial charge < -0.3 is 4.74 Å². The summed E-state index contributed by atoms with van der Waals surface area (Å²) in [4.78, 5) is 12.6. The lowest BCUT2D eigenvalue weighted by Gasteiger charge is -2.25. The maximum atomic E-state index is 12.6. The van der Waals surface area contributed by atoms with Gasteiger partial charge in [-0.3, -0.25) is 5.21 Å². The van der Waals surface area contributed by atoms with Gasteiger partial charge in [0.2, 0.25) is 0 Å². The largest absolute Gasteiger partial charge is 0.443 e. The maximum absolute atomic E-state index is 12.6. The van der Waals surface area contributed by atoms with E-state index in [1.54, 1.807) is 24.3 Å². The third kappa shape index (κ3) is 6.31. The van der Waals surface area contributed by atoms with Crippen LogP contribution in [0.2, 0.25) is 18.1 Å². The van der Waals surface area contributed by atoms with Gasteiger partial charge in [-0.1, -0.05) is 114 Å². The van der Waals surface area contributed by atoms with Crippen molar-refractivity contribution in [3.8, 4) is 0 Å². The van der Waals surface area contributed by atoms with Crippen LogP contribution in [0.5, 0.6) is 0 Å². The molecule has 0 fully saturated rings. The molecule has 0 spiro atoms. The minimum absolute atomic E-state index is 0.0814. The predicted octanol–water partition coefficient (Wildman–Crippen LogP) is 6.12. The van der Waals surface area contributed by atoms with Crippen molar-refractivity contribution in [2.75, 3.05) is 0 Å². The Morgan fingerprint density at radius 2 is 1.58 bits per heavy atom. The lowest BCUT2D eigenvalue weighted by Crippen LogP contribution is -2.40. The SMILES string of the molecule is C[Si](C)(/C=C/C(c1ccc(Cl)cc1)N(O)C(=O)OCc1ccccc1)c1ccccc1. The summed E-state index contributed by atoms with van der Waals surface area (Å²) in [6.07, 6.45) is 1.05. The van der Waals surface area contributed by atoms with Gasteiger partial charge in [0.15, 0.2) is 0 Å². The van der Waals surface area contributed by atoms with E-state index in [2.05, 4.69) is 30.9 Å². The predicted molar refractivity (Wildman–Crippen MR) is 127 cm³/mol. The van der Waals surface area contributed by atoms with Crippen LogP contribution < -0.4 is 5.19 Å².